The largest absolute Gasteiger partial charge is 0.393 e. The Morgan fingerprint density at radius 3 is 2.66 bits per heavy atom. The summed E-state index contributed by atoms with van der Waals surface area (Å²) < 4.78 is 6.07. The second kappa shape index (κ2) is 13.5. The van der Waals surface area contributed by atoms with E-state index in [2.05, 4.69) is 41.2 Å². The van der Waals surface area contributed by atoms with Gasteiger partial charge in [0.15, 0.2) is 0 Å². The average molecular weight is 631 g/mol. The minimum absolute atomic E-state index is 0.00379. The molecule has 0 radical (unpaired) electrons. The standard InChI is InChI=1S/C34H54N4O5S/c1-33-14-12-22(18-21(33)8-9-23-24-10-11-28(39)34(24,2)15-13-25(23)33)43-19-30(41)36-17-5-16-35-29(40)7-4-3-6-27-31-26(20-44-27)37-32(42)38-31/h18,22-28,31,39H,3-17,19-20H2,1-2H3,(H,35,40)(H,36,41)(H2,37,38,42)/t22-,23?,24?,25?,26?,27?,28?,31?,33?,34?/m0/s1. The van der Waals surface area contributed by atoms with E-state index in [9.17, 15) is 19.5 Å². The zero-order valence-corrected chi connectivity index (χ0v) is 27.5. The lowest BCUT2D eigenvalue weighted by atomic mass is 9.47. The second-order valence-electron chi connectivity index (χ2n) is 15.0. The highest BCUT2D eigenvalue weighted by atomic mass is 32.2. The van der Waals surface area contributed by atoms with Crippen LogP contribution in [0.3, 0.4) is 0 Å². The van der Waals surface area contributed by atoms with Crippen molar-refractivity contribution in [2.24, 2.45) is 28.6 Å². The number of carbonyl (C=O) groups is 3. The van der Waals surface area contributed by atoms with Gasteiger partial charge in [0.1, 0.15) is 6.61 Å². The summed E-state index contributed by atoms with van der Waals surface area (Å²) in [5, 5.41) is 23.0. The van der Waals surface area contributed by atoms with E-state index in [0.29, 0.717) is 43.0 Å². The SMILES string of the molecule is CC12CC[C@H](OCC(=O)NCCCNC(=O)CCCCC3SCC4NC(=O)NC43)C=C1CCC1C2CCC2(C)C(O)CCC12. The van der Waals surface area contributed by atoms with Crippen molar-refractivity contribution in [3.63, 3.8) is 0 Å². The number of fused-ring (bicyclic) bond motifs is 6. The monoisotopic (exact) mass is 630 g/mol. The van der Waals surface area contributed by atoms with Crippen molar-refractivity contribution in [1.29, 1.82) is 0 Å². The number of hydrogen-bond donors (Lipinski definition) is 5. The molecule has 2 saturated heterocycles. The molecule has 5 fully saturated rings. The Kier molecular flexibility index (Phi) is 9.89. The lowest BCUT2D eigenvalue weighted by Gasteiger charge is -2.58. The molecule has 6 rings (SSSR count). The first-order valence-electron chi connectivity index (χ1n) is 17.4. The second-order valence-corrected chi connectivity index (χ2v) is 16.2. The number of thioether (sulfide) groups is 1. The van der Waals surface area contributed by atoms with Gasteiger partial charge >= 0.3 is 6.03 Å². The van der Waals surface area contributed by atoms with Crippen molar-refractivity contribution in [1.82, 2.24) is 21.3 Å². The average Bonchev–Trinajstić information content (AvgIpc) is 3.65. The molecular formula is C34H54N4O5S. The van der Waals surface area contributed by atoms with Gasteiger partial charge in [-0.2, -0.15) is 11.8 Å². The number of urea groups is 1. The van der Waals surface area contributed by atoms with Crippen LogP contribution >= 0.6 is 11.8 Å². The van der Waals surface area contributed by atoms with Crippen LogP contribution in [-0.4, -0.2) is 77.9 Å². The van der Waals surface area contributed by atoms with Crippen LogP contribution in [-0.2, 0) is 14.3 Å². The van der Waals surface area contributed by atoms with Crippen molar-refractivity contribution >= 4 is 29.6 Å². The van der Waals surface area contributed by atoms with E-state index >= 15 is 0 Å². The third-order valence-electron chi connectivity index (χ3n) is 12.5. The van der Waals surface area contributed by atoms with E-state index in [1.807, 2.05) is 11.8 Å². The molecule has 6 aliphatic rings. The third kappa shape index (κ3) is 6.55. The zero-order valence-electron chi connectivity index (χ0n) is 26.7. The van der Waals surface area contributed by atoms with Crippen LogP contribution in [0.4, 0.5) is 4.79 Å². The van der Waals surface area contributed by atoms with Crippen LogP contribution in [0.5, 0.6) is 0 Å². The van der Waals surface area contributed by atoms with Crippen molar-refractivity contribution in [3.05, 3.63) is 11.6 Å². The topological polar surface area (TPSA) is 129 Å². The first-order valence-corrected chi connectivity index (χ1v) is 18.4. The molecule has 10 heteroatoms. The van der Waals surface area contributed by atoms with Crippen LogP contribution in [0.1, 0.15) is 97.3 Å². The Morgan fingerprint density at radius 2 is 1.82 bits per heavy atom. The van der Waals surface area contributed by atoms with Gasteiger partial charge in [-0.1, -0.05) is 31.9 Å². The molecule has 246 valence electrons. The van der Waals surface area contributed by atoms with Crippen LogP contribution < -0.4 is 21.3 Å². The first-order chi connectivity index (χ1) is 21.2. The molecule has 3 saturated carbocycles. The van der Waals surface area contributed by atoms with Crippen molar-refractivity contribution < 1.29 is 24.2 Å². The molecule has 10 atom stereocenters. The summed E-state index contributed by atoms with van der Waals surface area (Å²) in [5.74, 6) is 3.02. The quantitative estimate of drug-likeness (QED) is 0.126. The van der Waals surface area contributed by atoms with Gasteiger partial charge in [0.05, 0.1) is 24.3 Å². The van der Waals surface area contributed by atoms with Gasteiger partial charge in [0.25, 0.3) is 0 Å². The molecule has 44 heavy (non-hydrogen) atoms. The molecule has 5 N–H and O–H groups in total. The minimum Gasteiger partial charge on any atom is -0.393 e. The Morgan fingerprint density at radius 1 is 1.00 bits per heavy atom. The normalized spacial score (nSPS) is 40.5. The lowest BCUT2D eigenvalue weighted by molar-refractivity contribution is -0.127. The summed E-state index contributed by atoms with van der Waals surface area (Å²) in [7, 11) is 0. The maximum Gasteiger partial charge on any atom is 0.315 e. The lowest BCUT2D eigenvalue weighted by Crippen LogP contribution is -2.51. The molecule has 0 aromatic rings. The van der Waals surface area contributed by atoms with Crippen LogP contribution in [0.25, 0.3) is 0 Å². The number of hydrogen-bond acceptors (Lipinski definition) is 6. The van der Waals surface area contributed by atoms with Crippen LogP contribution in [0, 0.1) is 28.6 Å². The van der Waals surface area contributed by atoms with E-state index in [-0.39, 0.29) is 59.6 Å². The van der Waals surface area contributed by atoms with Gasteiger partial charge in [0.2, 0.25) is 11.8 Å². The molecule has 0 aromatic carbocycles. The van der Waals surface area contributed by atoms with E-state index < -0.39 is 0 Å². The van der Waals surface area contributed by atoms with Gasteiger partial charge in [-0.3, -0.25) is 9.59 Å². The van der Waals surface area contributed by atoms with Gasteiger partial charge in [-0.05, 0) is 99.2 Å². The number of amides is 4. The van der Waals surface area contributed by atoms with Crippen LogP contribution in [0.15, 0.2) is 11.6 Å². The molecule has 0 spiro atoms. The smallest absolute Gasteiger partial charge is 0.315 e. The zero-order chi connectivity index (χ0) is 30.9. The highest BCUT2D eigenvalue weighted by molar-refractivity contribution is 8.00. The van der Waals surface area contributed by atoms with Crippen LogP contribution in [0.2, 0.25) is 0 Å². The Balaban J connectivity index is 0.830. The Hall–Kier alpha value is -1.78. The fourth-order valence-electron chi connectivity index (χ4n) is 9.94. The number of unbranched alkanes of at least 4 members (excludes halogenated alkanes) is 1. The fourth-order valence-corrected chi connectivity index (χ4v) is 11.5. The van der Waals surface area contributed by atoms with E-state index in [1.165, 1.54) is 19.3 Å². The van der Waals surface area contributed by atoms with Crippen molar-refractivity contribution in [2.75, 3.05) is 25.4 Å². The molecular weight excluding hydrogens is 576 g/mol. The Bertz CT molecular complexity index is 1120. The van der Waals surface area contributed by atoms with E-state index in [0.717, 1.165) is 63.0 Å². The van der Waals surface area contributed by atoms with E-state index in [1.54, 1.807) is 5.57 Å². The number of nitrogens with one attached hydrogen (secondary N) is 4. The third-order valence-corrected chi connectivity index (χ3v) is 14.0. The number of aliphatic hydroxyl groups is 1. The minimum atomic E-state index is -0.125. The van der Waals surface area contributed by atoms with Gasteiger partial charge in [-0.15, -0.1) is 0 Å². The number of carbonyl (C=O) groups excluding carboxylic acids is 3. The van der Waals surface area contributed by atoms with Gasteiger partial charge < -0.3 is 31.1 Å². The predicted molar refractivity (Wildman–Crippen MR) is 172 cm³/mol. The summed E-state index contributed by atoms with van der Waals surface area (Å²) in [4.78, 5) is 36.2. The molecule has 0 aromatic heterocycles. The first kappa shape index (κ1) is 32.2. The van der Waals surface area contributed by atoms with Crippen molar-refractivity contribution in [2.45, 2.75) is 127 Å². The maximum atomic E-state index is 12.5. The highest BCUT2D eigenvalue weighted by Gasteiger charge is 2.58. The predicted octanol–water partition coefficient (Wildman–Crippen LogP) is 4.04. The number of aliphatic hydroxyl groups excluding tert-OH is 1. The molecule has 4 aliphatic carbocycles. The Labute approximate surface area is 267 Å². The summed E-state index contributed by atoms with van der Waals surface area (Å²) in [6.07, 6.45) is 15.2. The molecule has 2 heterocycles. The molecule has 9 unspecified atom stereocenters. The summed E-state index contributed by atoms with van der Waals surface area (Å²) in [6.45, 7) is 5.96. The number of allylic oxidation sites excluding steroid dienone is 1. The fraction of sp³-hybridized carbons (Fsp3) is 0.853. The number of rotatable bonds is 12. The summed E-state index contributed by atoms with van der Waals surface area (Å²) in [6, 6.07) is 0.412. The van der Waals surface area contributed by atoms with Gasteiger partial charge in [-0.25, -0.2) is 4.79 Å². The molecule has 9 nitrogen and oxygen atoms in total. The number of ether oxygens (including phenoxy) is 1. The van der Waals surface area contributed by atoms with Gasteiger partial charge in [0, 0.05) is 30.5 Å². The molecule has 2 aliphatic heterocycles. The summed E-state index contributed by atoms with van der Waals surface area (Å²) in [5.41, 5.74) is 1.89. The molecule has 4 amide bonds. The maximum absolute atomic E-state index is 12.5. The highest BCUT2D eigenvalue weighted by Crippen LogP contribution is 2.65. The van der Waals surface area contributed by atoms with E-state index in [4.69, 9.17) is 4.74 Å². The van der Waals surface area contributed by atoms with Crippen molar-refractivity contribution in [3.8, 4) is 0 Å². The summed E-state index contributed by atoms with van der Waals surface area (Å²) >= 11 is 1.91. The molecule has 0 bridgehead atoms.